The van der Waals surface area contributed by atoms with Crippen LogP contribution in [0.4, 0.5) is 5.82 Å². The van der Waals surface area contributed by atoms with Crippen LogP contribution >= 0.6 is 0 Å². The van der Waals surface area contributed by atoms with Gasteiger partial charge in [-0.1, -0.05) is 39.0 Å². The quantitative estimate of drug-likeness (QED) is 0.851. The number of nitrogen functional groups attached to an aromatic ring is 1. The van der Waals surface area contributed by atoms with Crippen molar-refractivity contribution < 1.29 is 4.74 Å². The van der Waals surface area contributed by atoms with Gasteiger partial charge in [-0.15, -0.1) is 0 Å². The Morgan fingerprint density at radius 2 is 1.90 bits per heavy atom. The number of nitrogens with zero attached hydrogens (tertiary/aromatic N) is 2. The third kappa shape index (κ3) is 3.76. The smallest absolute Gasteiger partial charge is 0.121 e. The number of rotatable bonds is 5. The first-order valence-electron chi connectivity index (χ1n) is 6.98. The lowest BCUT2D eigenvalue weighted by Gasteiger charge is -2.14. The van der Waals surface area contributed by atoms with Crippen molar-refractivity contribution in [3.63, 3.8) is 0 Å². The fourth-order valence-corrected chi connectivity index (χ4v) is 1.90. The van der Waals surface area contributed by atoms with Crippen LogP contribution in [-0.4, -0.2) is 16.4 Å². The maximum Gasteiger partial charge on any atom is 0.121 e. The lowest BCUT2D eigenvalue weighted by molar-refractivity contribution is 0.298. The zero-order valence-corrected chi connectivity index (χ0v) is 12.5. The number of ether oxygens (including phenoxy) is 1. The molecule has 1 aromatic carbocycles. The Hall–Kier alpha value is -1.97. The summed E-state index contributed by atoms with van der Waals surface area (Å²) >= 11 is 0. The van der Waals surface area contributed by atoms with E-state index in [2.05, 4.69) is 25.9 Å². The molecule has 0 bridgehead atoms. The number of hydrogen-bond acceptors (Lipinski definition) is 3. The molecule has 0 saturated carbocycles. The van der Waals surface area contributed by atoms with Crippen LogP contribution in [0.15, 0.2) is 36.4 Å². The van der Waals surface area contributed by atoms with E-state index >= 15 is 0 Å². The van der Waals surface area contributed by atoms with Gasteiger partial charge in [-0.05, 0) is 12.1 Å². The zero-order valence-electron chi connectivity index (χ0n) is 12.5. The highest BCUT2D eigenvalue weighted by Crippen LogP contribution is 2.22. The molecule has 0 aliphatic rings. The second kappa shape index (κ2) is 5.99. The Morgan fingerprint density at radius 3 is 2.50 bits per heavy atom. The molecule has 2 rings (SSSR count). The van der Waals surface area contributed by atoms with Crippen LogP contribution in [0, 0.1) is 0 Å². The van der Waals surface area contributed by atoms with Gasteiger partial charge in [0.2, 0.25) is 0 Å². The lowest BCUT2D eigenvalue weighted by Crippen LogP contribution is -2.13. The van der Waals surface area contributed by atoms with Gasteiger partial charge in [-0.3, -0.25) is 0 Å². The molecule has 0 amide bonds. The van der Waals surface area contributed by atoms with Gasteiger partial charge in [0.25, 0.3) is 0 Å². The normalized spacial score (nSPS) is 11.6. The highest BCUT2D eigenvalue weighted by atomic mass is 16.5. The molecule has 0 spiro atoms. The second-order valence-corrected chi connectivity index (χ2v) is 5.94. The summed E-state index contributed by atoms with van der Waals surface area (Å²) in [5.74, 6) is 1.62. The maximum atomic E-state index is 5.99. The Balaban J connectivity index is 1.84. The average Bonchev–Trinajstić information content (AvgIpc) is 2.77. The van der Waals surface area contributed by atoms with Crippen LogP contribution < -0.4 is 10.5 Å². The van der Waals surface area contributed by atoms with Crippen molar-refractivity contribution in [2.45, 2.75) is 39.2 Å². The summed E-state index contributed by atoms with van der Waals surface area (Å²) in [5.41, 5.74) is 7.05. The molecule has 0 atom stereocenters. The summed E-state index contributed by atoms with van der Waals surface area (Å²) in [5, 5.41) is 4.56. The molecule has 1 heterocycles. The first-order chi connectivity index (χ1) is 9.47. The molecule has 0 fully saturated rings. The van der Waals surface area contributed by atoms with Crippen molar-refractivity contribution in [3.8, 4) is 5.75 Å². The first-order valence-corrected chi connectivity index (χ1v) is 6.98. The third-order valence-electron chi connectivity index (χ3n) is 3.11. The predicted molar refractivity (Wildman–Crippen MR) is 81.9 cm³/mol. The van der Waals surface area contributed by atoms with E-state index in [1.807, 2.05) is 41.1 Å². The van der Waals surface area contributed by atoms with Crippen molar-refractivity contribution >= 4 is 5.82 Å². The van der Waals surface area contributed by atoms with Crippen LogP contribution in [-0.2, 0) is 12.0 Å². The minimum absolute atomic E-state index is 0.0277. The molecule has 108 valence electrons. The van der Waals surface area contributed by atoms with E-state index in [1.54, 1.807) is 0 Å². The number of para-hydroxylation sites is 1. The minimum Gasteiger partial charge on any atom is -0.494 e. The molecule has 0 unspecified atom stereocenters. The van der Waals surface area contributed by atoms with E-state index in [4.69, 9.17) is 10.5 Å². The molecule has 0 aliphatic carbocycles. The number of hydrogen-bond donors (Lipinski definition) is 1. The standard InChI is InChI=1S/C16H23N3O/c1-16(2,3)14-12-15(17)19(18-14)10-7-11-20-13-8-5-4-6-9-13/h4-6,8-9,12H,7,10-11,17H2,1-3H3. The van der Waals surface area contributed by atoms with Crippen LogP contribution in [0.1, 0.15) is 32.9 Å². The number of benzene rings is 1. The Bertz CT molecular complexity index is 541. The summed E-state index contributed by atoms with van der Waals surface area (Å²) in [4.78, 5) is 0. The minimum atomic E-state index is 0.0277. The molecule has 0 aliphatic heterocycles. The molecule has 2 aromatic rings. The van der Waals surface area contributed by atoms with Gasteiger partial charge in [0, 0.05) is 24.4 Å². The molecule has 0 radical (unpaired) electrons. The van der Waals surface area contributed by atoms with Crippen LogP contribution in [0.25, 0.3) is 0 Å². The molecular formula is C16H23N3O. The molecule has 20 heavy (non-hydrogen) atoms. The SMILES string of the molecule is CC(C)(C)c1cc(N)n(CCCOc2ccccc2)n1. The monoisotopic (exact) mass is 273 g/mol. The number of aromatic nitrogens is 2. The Labute approximate surface area is 120 Å². The first kappa shape index (κ1) is 14.4. The van der Waals surface area contributed by atoms with Crippen molar-refractivity contribution in [1.82, 2.24) is 9.78 Å². The van der Waals surface area contributed by atoms with Crippen molar-refractivity contribution in [2.75, 3.05) is 12.3 Å². The van der Waals surface area contributed by atoms with Crippen LogP contribution in [0.3, 0.4) is 0 Å². The van der Waals surface area contributed by atoms with Gasteiger partial charge in [0.15, 0.2) is 0 Å². The molecule has 0 saturated heterocycles. The molecule has 2 N–H and O–H groups in total. The van der Waals surface area contributed by atoms with Gasteiger partial charge in [-0.25, -0.2) is 4.68 Å². The molecular weight excluding hydrogens is 250 g/mol. The van der Waals surface area contributed by atoms with E-state index in [-0.39, 0.29) is 5.41 Å². The van der Waals surface area contributed by atoms with Gasteiger partial charge < -0.3 is 10.5 Å². The van der Waals surface area contributed by atoms with Crippen LogP contribution in [0.2, 0.25) is 0 Å². The largest absolute Gasteiger partial charge is 0.494 e. The van der Waals surface area contributed by atoms with Gasteiger partial charge in [0.1, 0.15) is 11.6 Å². The molecule has 1 aromatic heterocycles. The van der Waals surface area contributed by atoms with Crippen molar-refractivity contribution in [3.05, 3.63) is 42.1 Å². The summed E-state index contributed by atoms with van der Waals surface area (Å²) in [6, 6.07) is 11.8. The topological polar surface area (TPSA) is 53.1 Å². The fraction of sp³-hybridized carbons (Fsp3) is 0.438. The van der Waals surface area contributed by atoms with E-state index in [0.29, 0.717) is 6.61 Å². The fourth-order valence-electron chi connectivity index (χ4n) is 1.90. The van der Waals surface area contributed by atoms with Crippen LogP contribution in [0.5, 0.6) is 5.75 Å². The number of nitrogens with two attached hydrogens (primary N) is 1. The van der Waals surface area contributed by atoms with E-state index in [1.165, 1.54) is 0 Å². The molecule has 4 nitrogen and oxygen atoms in total. The summed E-state index contributed by atoms with van der Waals surface area (Å²) in [6.07, 6.45) is 0.879. The summed E-state index contributed by atoms with van der Waals surface area (Å²) in [6.45, 7) is 7.84. The van der Waals surface area contributed by atoms with Gasteiger partial charge in [-0.2, -0.15) is 5.10 Å². The highest BCUT2D eigenvalue weighted by Gasteiger charge is 2.18. The maximum absolute atomic E-state index is 5.99. The number of aryl methyl sites for hydroxylation is 1. The van der Waals surface area contributed by atoms with Crippen molar-refractivity contribution in [1.29, 1.82) is 0 Å². The van der Waals surface area contributed by atoms with E-state index < -0.39 is 0 Å². The summed E-state index contributed by atoms with van der Waals surface area (Å²) < 4.78 is 7.52. The van der Waals surface area contributed by atoms with E-state index in [9.17, 15) is 0 Å². The van der Waals surface area contributed by atoms with E-state index in [0.717, 1.165) is 30.2 Å². The number of anilines is 1. The second-order valence-electron chi connectivity index (χ2n) is 5.94. The zero-order chi connectivity index (χ0) is 14.6. The van der Waals surface area contributed by atoms with Gasteiger partial charge in [0.05, 0.1) is 12.3 Å². The third-order valence-corrected chi connectivity index (χ3v) is 3.11. The lowest BCUT2D eigenvalue weighted by atomic mass is 9.92. The Kier molecular flexibility index (Phi) is 4.32. The Morgan fingerprint density at radius 1 is 1.20 bits per heavy atom. The predicted octanol–water partition coefficient (Wildman–Crippen LogP) is 3.23. The van der Waals surface area contributed by atoms with Crippen molar-refractivity contribution in [2.24, 2.45) is 0 Å². The molecule has 4 heteroatoms. The summed E-state index contributed by atoms with van der Waals surface area (Å²) in [7, 11) is 0. The average molecular weight is 273 g/mol. The highest BCUT2D eigenvalue weighted by molar-refractivity contribution is 5.33. The van der Waals surface area contributed by atoms with Gasteiger partial charge >= 0.3 is 0 Å².